The van der Waals surface area contributed by atoms with E-state index in [1.807, 2.05) is 37.3 Å². The molecule has 0 heterocycles. The van der Waals surface area contributed by atoms with Crippen LogP contribution >= 0.6 is 0 Å². The van der Waals surface area contributed by atoms with Crippen molar-refractivity contribution in [1.82, 2.24) is 0 Å². The molecular formula is C21H18O6. The van der Waals surface area contributed by atoms with E-state index in [4.69, 9.17) is 9.47 Å². The molecule has 0 unspecified atom stereocenters. The maximum absolute atomic E-state index is 10.9. The van der Waals surface area contributed by atoms with E-state index in [9.17, 15) is 9.59 Å². The molecule has 0 amide bonds. The first-order chi connectivity index (χ1) is 13.1. The molecule has 138 valence electrons. The highest BCUT2D eigenvalue weighted by Crippen LogP contribution is 2.28. The van der Waals surface area contributed by atoms with Crippen LogP contribution in [0.15, 0.2) is 80.2 Å². The van der Waals surface area contributed by atoms with Crippen LogP contribution in [-0.2, 0) is 19.1 Å². The first-order valence-corrected chi connectivity index (χ1v) is 7.90. The second-order valence-electron chi connectivity index (χ2n) is 5.15. The summed E-state index contributed by atoms with van der Waals surface area (Å²) in [5, 5.41) is 0. The lowest BCUT2D eigenvalue weighted by molar-refractivity contribution is -0.132. The van der Waals surface area contributed by atoms with Gasteiger partial charge in [-0.25, -0.2) is 4.79 Å². The number of rotatable bonds is 9. The SMILES string of the molecule is C=CC(=O)O/C=C\Oc1ccc(-c2ccc(O/C=C\OC=O)cc2)c(C)c1. The van der Waals surface area contributed by atoms with Crippen molar-refractivity contribution in [2.45, 2.75) is 6.92 Å². The predicted molar refractivity (Wildman–Crippen MR) is 99.6 cm³/mol. The lowest BCUT2D eigenvalue weighted by atomic mass is 10.0. The third-order valence-corrected chi connectivity index (χ3v) is 3.37. The Bertz CT molecular complexity index is 849. The quantitative estimate of drug-likeness (QED) is 0.286. The van der Waals surface area contributed by atoms with Gasteiger partial charge in [0.1, 0.15) is 36.5 Å². The molecule has 2 rings (SSSR count). The number of hydrogen-bond acceptors (Lipinski definition) is 6. The lowest BCUT2D eigenvalue weighted by Crippen LogP contribution is -1.93. The van der Waals surface area contributed by atoms with E-state index in [-0.39, 0.29) is 0 Å². The fourth-order valence-corrected chi connectivity index (χ4v) is 2.17. The average molecular weight is 366 g/mol. The molecule has 0 saturated carbocycles. The van der Waals surface area contributed by atoms with Gasteiger partial charge in [0.15, 0.2) is 0 Å². The van der Waals surface area contributed by atoms with E-state index < -0.39 is 5.97 Å². The zero-order valence-corrected chi connectivity index (χ0v) is 14.7. The van der Waals surface area contributed by atoms with Crippen LogP contribution in [0.2, 0.25) is 0 Å². The van der Waals surface area contributed by atoms with Gasteiger partial charge in [-0.3, -0.25) is 4.79 Å². The van der Waals surface area contributed by atoms with Gasteiger partial charge in [-0.05, 0) is 47.9 Å². The van der Waals surface area contributed by atoms with Gasteiger partial charge in [0.2, 0.25) is 0 Å². The Hall–Kier alpha value is -3.80. The molecule has 0 atom stereocenters. The minimum absolute atomic E-state index is 0.308. The van der Waals surface area contributed by atoms with E-state index in [0.29, 0.717) is 18.0 Å². The molecule has 0 aliphatic rings. The molecule has 0 radical (unpaired) electrons. The summed E-state index contributed by atoms with van der Waals surface area (Å²) in [4.78, 5) is 20.9. The molecule has 0 fully saturated rings. The first kappa shape index (κ1) is 19.5. The number of ether oxygens (including phenoxy) is 4. The second-order valence-corrected chi connectivity index (χ2v) is 5.15. The van der Waals surface area contributed by atoms with E-state index in [1.54, 1.807) is 12.1 Å². The number of carbonyl (C=O) groups is 2. The molecule has 6 nitrogen and oxygen atoms in total. The summed E-state index contributed by atoms with van der Waals surface area (Å²) in [6.45, 7) is 5.57. The molecule has 27 heavy (non-hydrogen) atoms. The highest BCUT2D eigenvalue weighted by molar-refractivity contribution is 5.81. The number of benzene rings is 2. The molecule has 0 aliphatic carbocycles. The zero-order chi connectivity index (χ0) is 19.5. The summed E-state index contributed by atoms with van der Waals surface area (Å²) in [6.07, 6.45) is 5.93. The largest absolute Gasteiger partial charge is 0.462 e. The standard InChI is InChI=1S/C21H18O6/c1-3-21(23)27-13-12-26-19-8-9-20(16(2)14-19)17-4-6-18(7-5-17)25-11-10-24-15-22/h3-15H,1H2,2H3/b11-10-,13-12-. The van der Waals surface area contributed by atoms with Crippen LogP contribution in [0.25, 0.3) is 11.1 Å². The smallest absolute Gasteiger partial charge is 0.335 e. The van der Waals surface area contributed by atoms with Crippen molar-refractivity contribution < 1.29 is 28.5 Å². The van der Waals surface area contributed by atoms with E-state index in [1.165, 1.54) is 12.5 Å². The van der Waals surface area contributed by atoms with Crippen molar-refractivity contribution in [2.75, 3.05) is 0 Å². The molecule has 2 aromatic carbocycles. The van der Waals surface area contributed by atoms with Crippen molar-refractivity contribution in [3.05, 3.63) is 85.7 Å². The van der Waals surface area contributed by atoms with Gasteiger partial charge in [-0.15, -0.1) is 0 Å². The van der Waals surface area contributed by atoms with Gasteiger partial charge in [-0.1, -0.05) is 24.8 Å². The van der Waals surface area contributed by atoms with Gasteiger partial charge in [0.05, 0.1) is 0 Å². The second kappa shape index (κ2) is 10.2. The molecule has 0 saturated heterocycles. The highest BCUT2D eigenvalue weighted by atomic mass is 16.5. The zero-order valence-electron chi connectivity index (χ0n) is 14.7. The van der Waals surface area contributed by atoms with Gasteiger partial charge < -0.3 is 18.9 Å². The molecule has 6 heteroatoms. The van der Waals surface area contributed by atoms with Crippen molar-refractivity contribution >= 4 is 12.4 Å². The van der Waals surface area contributed by atoms with Crippen LogP contribution in [0.1, 0.15) is 5.56 Å². The van der Waals surface area contributed by atoms with Gasteiger partial charge in [0.25, 0.3) is 6.47 Å². The number of hydrogen-bond donors (Lipinski definition) is 0. The Balaban J connectivity index is 2.01. The fourth-order valence-electron chi connectivity index (χ4n) is 2.17. The Morgan fingerprint density at radius 2 is 1.59 bits per heavy atom. The Morgan fingerprint density at radius 1 is 0.926 bits per heavy atom. The number of esters is 1. The van der Waals surface area contributed by atoms with Crippen LogP contribution in [0.5, 0.6) is 11.5 Å². The minimum Gasteiger partial charge on any atom is -0.462 e. The topological polar surface area (TPSA) is 71.1 Å². The molecule has 0 N–H and O–H groups in total. The van der Waals surface area contributed by atoms with Crippen LogP contribution < -0.4 is 9.47 Å². The van der Waals surface area contributed by atoms with E-state index in [0.717, 1.165) is 35.3 Å². The van der Waals surface area contributed by atoms with Crippen LogP contribution in [-0.4, -0.2) is 12.4 Å². The minimum atomic E-state index is -0.555. The normalized spacial score (nSPS) is 10.6. The van der Waals surface area contributed by atoms with Crippen molar-refractivity contribution in [3.8, 4) is 22.6 Å². The van der Waals surface area contributed by atoms with Crippen LogP contribution in [0, 0.1) is 6.92 Å². The van der Waals surface area contributed by atoms with Gasteiger partial charge in [0, 0.05) is 6.08 Å². The third-order valence-electron chi connectivity index (χ3n) is 3.37. The van der Waals surface area contributed by atoms with Gasteiger partial charge >= 0.3 is 5.97 Å². The van der Waals surface area contributed by atoms with Crippen LogP contribution in [0.4, 0.5) is 0 Å². The van der Waals surface area contributed by atoms with Crippen molar-refractivity contribution in [1.29, 1.82) is 0 Å². The molecule has 0 aliphatic heterocycles. The monoisotopic (exact) mass is 366 g/mol. The molecule has 0 spiro atoms. The predicted octanol–water partition coefficient (Wildman–Crippen LogP) is 4.26. The Morgan fingerprint density at radius 3 is 2.26 bits per heavy atom. The lowest BCUT2D eigenvalue weighted by Gasteiger charge is -2.09. The summed E-state index contributed by atoms with van der Waals surface area (Å²) in [6, 6.07) is 13.1. The summed E-state index contributed by atoms with van der Waals surface area (Å²) < 4.78 is 19.8. The number of carbonyl (C=O) groups excluding carboxylic acids is 2. The van der Waals surface area contributed by atoms with Crippen molar-refractivity contribution in [3.63, 3.8) is 0 Å². The maximum Gasteiger partial charge on any atom is 0.335 e. The Kier molecular flexibility index (Phi) is 7.41. The molecule has 0 aromatic heterocycles. The first-order valence-electron chi connectivity index (χ1n) is 7.90. The average Bonchev–Trinajstić information content (AvgIpc) is 2.69. The summed E-state index contributed by atoms with van der Waals surface area (Å²) in [7, 11) is 0. The maximum atomic E-state index is 10.9. The highest BCUT2D eigenvalue weighted by Gasteiger charge is 2.04. The molecular weight excluding hydrogens is 348 g/mol. The molecule has 0 bridgehead atoms. The summed E-state index contributed by atoms with van der Waals surface area (Å²) in [5.74, 6) is 0.671. The van der Waals surface area contributed by atoms with E-state index in [2.05, 4.69) is 16.1 Å². The van der Waals surface area contributed by atoms with E-state index >= 15 is 0 Å². The third kappa shape index (κ3) is 6.21. The molecule has 2 aromatic rings. The number of aryl methyl sites for hydroxylation is 1. The Labute approximate surface area is 156 Å². The summed E-state index contributed by atoms with van der Waals surface area (Å²) in [5.41, 5.74) is 3.06. The summed E-state index contributed by atoms with van der Waals surface area (Å²) >= 11 is 0. The van der Waals surface area contributed by atoms with Crippen molar-refractivity contribution in [2.24, 2.45) is 0 Å². The fraction of sp³-hybridized carbons (Fsp3) is 0.0476. The van der Waals surface area contributed by atoms with Crippen LogP contribution in [0.3, 0.4) is 0 Å². The van der Waals surface area contributed by atoms with Gasteiger partial charge in [-0.2, -0.15) is 0 Å².